The number of nitrogens with two attached hydrogens (primary N) is 1. The number of aliphatic hydroxyl groups is 1. The molecule has 4 N–H and O–H groups in total. The Kier molecular flexibility index (Phi) is 9.54. The van der Waals surface area contributed by atoms with Gasteiger partial charge in [0.2, 0.25) is 5.95 Å². The summed E-state index contributed by atoms with van der Waals surface area (Å²) in [4.78, 5) is 8.94. The van der Waals surface area contributed by atoms with Crippen molar-refractivity contribution in [2.24, 2.45) is 0 Å². The number of nitrogen functional groups attached to an aromatic ring is 1. The highest BCUT2D eigenvalue weighted by molar-refractivity contribution is 7.98. The maximum absolute atomic E-state index is 9.52. The number of rotatable bonds is 12. The fraction of sp³-hybridized carbons (Fsp3) is 0.545. The third-order valence-corrected chi connectivity index (χ3v) is 5.69. The van der Waals surface area contributed by atoms with E-state index in [9.17, 15) is 5.11 Å². The van der Waals surface area contributed by atoms with Gasteiger partial charge < -0.3 is 20.9 Å². The van der Waals surface area contributed by atoms with Crippen molar-refractivity contribution in [2.45, 2.75) is 58.6 Å². The first kappa shape index (κ1) is 23.3. The summed E-state index contributed by atoms with van der Waals surface area (Å²) in [5.74, 6) is 2.97. The topological polar surface area (TPSA) is 93.3 Å². The van der Waals surface area contributed by atoms with Gasteiger partial charge in [-0.1, -0.05) is 25.8 Å². The summed E-state index contributed by atoms with van der Waals surface area (Å²) >= 11 is 1.86. The molecule has 2 aromatic rings. The van der Waals surface area contributed by atoms with Crippen molar-refractivity contribution in [3.05, 3.63) is 40.6 Å². The number of benzene rings is 1. The largest absolute Gasteiger partial charge is 0.496 e. The maximum atomic E-state index is 9.52. The quantitative estimate of drug-likeness (QED) is 0.476. The Morgan fingerprint density at radius 1 is 1.28 bits per heavy atom. The summed E-state index contributed by atoms with van der Waals surface area (Å²) in [6, 6.07) is 6.09. The molecule has 1 aromatic heterocycles. The fourth-order valence-electron chi connectivity index (χ4n) is 3.40. The molecule has 1 atom stereocenters. The Balaban J connectivity index is 2.37. The van der Waals surface area contributed by atoms with Crippen molar-refractivity contribution in [1.29, 1.82) is 0 Å². The van der Waals surface area contributed by atoms with Gasteiger partial charge in [-0.15, -0.1) is 0 Å². The zero-order valence-corrected chi connectivity index (χ0v) is 18.8. The summed E-state index contributed by atoms with van der Waals surface area (Å²) < 4.78 is 5.54. The van der Waals surface area contributed by atoms with Crippen molar-refractivity contribution in [3.8, 4) is 5.75 Å². The number of aliphatic hydroxyl groups excluding tert-OH is 1. The van der Waals surface area contributed by atoms with E-state index in [4.69, 9.17) is 10.5 Å². The van der Waals surface area contributed by atoms with Crippen LogP contribution in [0, 0.1) is 6.92 Å². The van der Waals surface area contributed by atoms with Crippen LogP contribution in [0.25, 0.3) is 0 Å². The van der Waals surface area contributed by atoms with E-state index in [0.29, 0.717) is 12.5 Å². The van der Waals surface area contributed by atoms with Crippen LogP contribution in [0.5, 0.6) is 5.75 Å². The number of anilines is 2. The summed E-state index contributed by atoms with van der Waals surface area (Å²) in [6.45, 7) is 4.17. The number of nitrogens with zero attached hydrogens (tertiary/aromatic N) is 2. The first-order valence-corrected chi connectivity index (χ1v) is 11.6. The van der Waals surface area contributed by atoms with Gasteiger partial charge in [-0.05, 0) is 55.0 Å². The lowest BCUT2D eigenvalue weighted by atomic mass is 10.00. The van der Waals surface area contributed by atoms with Gasteiger partial charge in [0, 0.05) is 23.7 Å². The summed E-state index contributed by atoms with van der Waals surface area (Å²) in [5.41, 5.74) is 9.69. The number of hydrogen-bond acceptors (Lipinski definition) is 7. The maximum Gasteiger partial charge on any atom is 0.222 e. The van der Waals surface area contributed by atoms with E-state index in [0.717, 1.165) is 52.5 Å². The molecule has 0 amide bonds. The second kappa shape index (κ2) is 11.9. The molecular formula is C22H34N4O2S. The van der Waals surface area contributed by atoms with Crippen LogP contribution in [0.3, 0.4) is 0 Å². The third kappa shape index (κ3) is 6.78. The van der Waals surface area contributed by atoms with Crippen molar-refractivity contribution < 1.29 is 9.84 Å². The number of nitrogens with one attached hydrogen (secondary N) is 1. The van der Waals surface area contributed by atoms with E-state index < -0.39 is 0 Å². The monoisotopic (exact) mass is 418 g/mol. The number of aryl methyl sites for hydroxylation is 1. The van der Waals surface area contributed by atoms with Gasteiger partial charge in [-0.25, -0.2) is 4.98 Å². The van der Waals surface area contributed by atoms with Crippen LogP contribution in [0.2, 0.25) is 0 Å². The molecule has 1 heterocycles. The number of thioether (sulfide) groups is 1. The Hall–Kier alpha value is -1.99. The summed E-state index contributed by atoms with van der Waals surface area (Å²) in [6.07, 6.45) is 7.26. The lowest BCUT2D eigenvalue weighted by molar-refractivity contribution is 0.281. The lowest BCUT2D eigenvalue weighted by Crippen LogP contribution is -2.23. The van der Waals surface area contributed by atoms with Crippen molar-refractivity contribution in [1.82, 2.24) is 9.97 Å². The van der Waals surface area contributed by atoms with E-state index in [1.807, 2.05) is 36.9 Å². The lowest BCUT2D eigenvalue weighted by Gasteiger charge is -2.22. The molecule has 0 spiro atoms. The van der Waals surface area contributed by atoms with Crippen LogP contribution >= 0.6 is 11.8 Å². The molecule has 0 bridgehead atoms. The van der Waals surface area contributed by atoms with E-state index >= 15 is 0 Å². The molecule has 0 aliphatic rings. The smallest absolute Gasteiger partial charge is 0.222 e. The Bertz CT molecular complexity index is 778. The highest BCUT2D eigenvalue weighted by Gasteiger charge is 2.17. The van der Waals surface area contributed by atoms with E-state index in [1.165, 1.54) is 12.8 Å². The highest BCUT2D eigenvalue weighted by Crippen LogP contribution is 2.28. The number of ether oxygens (including phenoxy) is 1. The Labute approximate surface area is 178 Å². The first-order chi connectivity index (χ1) is 14.0. The van der Waals surface area contributed by atoms with Gasteiger partial charge in [-0.3, -0.25) is 0 Å². The predicted octanol–water partition coefficient (Wildman–Crippen LogP) is 4.18. The Morgan fingerprint density at radius 2 is 2.07 bits per heavy atom. The average molecular weight is 419 g/mol. The van der Waals surface area contributed by atoms with Crippen molar-refractivity contribution in [3.63, 3.8) is 0 Å². The second-order valence-corrected chi connectivity index (χ2v) is 8.23. The predicted molar refractivity (Wildman–Crippen MR) is 123 cm³/mol. The fourth-order valence-corrected chi connectivity index (χ4v) is 3.92. The van der Waals surface area contributed by atoms with Crippen LogP contribution in [-0.2, 0) is 13.0 Å². The first-order valence-electron chi connectivity index (χ1n) is 10.2. The van der Waals surface area contributed by atoms with Crippen LogP contribution in [0.4, 0.5) is 11.8 Å². The molecule has 7 heteroatoms. The molecule has 0 aliphatic heterocycles. The van der Waals surface area contributed by atoms with Gasteiger partial charge in [-0.2, -0.15) is 16.7 Å². The van der Waals surface area contributed by atoms with E-state index in [-0.39, 0.29) is 12.6 Å². The number of unbranched alkanes of at least 4 members (excludes halogenated alkanes) is 1. The van der Waals surface area contributed by atoms with Crippen LogP contribution in [0.15, 0.2) is 18.2 Å². The number of hydrogen-bond donors (Lipinski definition) is 3. The van der Waals surface area contributed by atoms with Crippen LogP contribution in [-0.4, -0.2) is 40.2 Å². The molecule has 2 rings (SSSR count). The molecule has 0 fully saturated rings. The van der Waals surface area contributed by atoms with Crippen LogP contribution in [0.1, 0.15) is 55.0 Å². The number of methoxy groups -OCH3 is 1. The van der Waals surface area contributed by atoms with E-state index in [2.05, 4.69) is 28.5 Å². The summed E-state index contributed by atoms with van der Waals surface area (Å²) in [7, 11) is 1.66. The molecule has 160 valence electrons. The van der Waals surface area contributed by atoms with E-state index in [1.54, 1.807) is 7.11 Å². The minimum Gasteiger partial charge on any atom is -0.496 e. The molecule has 0 aliphatic carbocycles. The molecule has 0 saturated carbocycles. The van der Waals surface area contributed by atoms with Gasteiger partial charge in [0.15, 0.2) is 0 Å². The molecular weight excluding hydrogens is 384 g/mol. The summed E-state index contributed by atoms with van der Waals surface area (Å²) in [5, 5.41) is 13.2. The van der Waals surface area contributed by atoms with Crippen molar-refractivity contribution in [2.75, 3.05) is 30.2 Å². The standard InChI is InChI=1S/C22H34N4O2S/c1-5-6-7-18(10-11-29-4)25-21-19(15(2)24-22(23)26-21)13-17-12-16(14-27)8-9-20(17)28-3/h8-9,12,18,27H,5-7,10-11,13-14H2,1-4H3,(H3,23,24,25,26). The third-order valence-electron chi connectivity index (χ3n) is 5.04. The van der Waals surface area contributed by atoms with Gasteiger partial charge in [0.1, 0.15) is 11.6 Å². The molecule has 0 radical (unpaired) electrons. The highest BCUT2D eigenvalue weighted by atomic mass is 32.2. The number of aromatic nitrogens is 2. The Morgan fingerprint density at radius 3 is 2.72 bits per heavy atom. The minimum absolute atomic E-state index is 0.00685. The molecule has 6 nitrogen and oxygen atoms in total. The van der Waals surface area contributed by atoms with Gasteiger partial charge >= 0.3 is 0 Å². The van der Waals surface area contributed by atoms with Gasteiger partial charge in [0.25, 0.3) is 0 Å². The molecule has 0 saturated heterocycles. The van der Waals surface area contributed by atoms with Gasteiger partial charge in [0.05, 0.1) is 13.7 Å². The van der Waals surface area contributed by atoms with Crippen LogP contribution < -0.4 is 15.8 Å². The van der Waals surface area contributed by atoms with Crippen molar-refractivity contribution >= 4 is 23.5 Å². The molecule has 1 aromatic carbocycles. The second-order valence-electron chi connectivity index (χ2n) is 7.24. The zero-order valence-electron chi connectivity index (χ0n) is 18.0. The minimum atomic E-state index is -0.00685. The SMILES string of the molecule is CCCCC(CCSC)Nc1nc(N)nc(C)c1Cc1cc(CO)ccc1OC. The average Bonchev–Trinajstić information content (AvgIpc) is 2.72. The molecule has 1 unspecified atom stereocenters. The normalized spacial score (nSPS) is 12.0. The molecule has 29 heavy (non-hydrogen) atoms. The zero-order chi connectivity index (χ0) is 21.2.